The average Bonchev–Trinajstić information content (AvgIpc) is 2.41. The summed E-state index contributed by atoms with van der Waals surface area (Å²) in [4.78, 5) is 15.0. The molecule has 16 heavy (non-hydrogen) atoms. The van der Waals surface area contributed by atoms with Gasteiger partial charge in [-0.2, -0.15) is 0 Å². The van der Waals surface area contributed by atoms with Crippen molar-refractivity contribution < 1.29 is 4.79 Å². The Morgan fingerprint density at radius 1 is 1.25 bits per heavy atom. The van der Waals surface area contributed by atoms with Crippen LogP contribution < -0.4 is 5.73 Å². The SMILES string of the molecule is CC1(C)CCCN1C(=O)C1(C(N)=S)CCC1. The highest BCUT2D eigenvalue weighted by Gasteiger charge is 2.52. The van der Waals surface area contributed by atoms with Gasteiger partial charge in [-0.1, -0.05) is 18.6 Å². The molecule has 2 rings (SSSR count). The summed E-state index contributed by atoms with van der Waals surface area (Å²) in [5.41, 5.74) is 5.25. The molecular weight excluding hydrogens is 220 g/mol. The first-order valence-corrected chi connectivity index (χ1v) is 6.43. The number of hydrogen-bond donors (Lipinski definition) is 1. The lowest BCUT2D eigenvalue weighted by Gasteiger charge is -2.45. The third-order valence-corrected chi connectivity index (χ3v) is 4.63. The molecule has 0 atom stereocenters. The Hall–Kier alpha value is -0.640. The summed E-state index contributed by atoms with van der Waals surface area (Å²) < 4.78 is 0. The summed E-state index contributed by atoms with van der Waals surface area (Å²) >= 11 is 5.10. The van der Waals surface area contributed by atoms with Crippen LogP contribution in [0.1, 0.15) is 46.0 Å². The van der Waals surface area contributed by atoms with Crippen LogP contribution in [0, 0.1) is 5.41 Å². The molecule has 0 spiro atoms. The third kappa shape index (κ3) is 1.54. The number of nitrogens with zero attached hydrogens (tertiary/aromatic N) is 1. The van der Waals surface area contributed by atoms with E-state index in [-0.39, 0.29) is 11.4 Å². The van der Waals surface area contributed by atoms with Gasteiger partial charge in [-0.25, -0.2) is 0 Å². The van der Waals surface area contributed by atoms with Gasteiger partial charge in [0.05, 0.1) is 10.4 Å². The van der Waals surface area contributed by atoms with Gasteiger partial charge < -0.3 is 10.6 Å². The number of amides is 1. The average molecular weight is 240 g/mol. The topological polar surface area (TPSA) is 46.3 Å². The van der Waals surface area contributed by atoms with Crippen molar-refractivity contribution in [3.05, 3.63) is 0 Å². The summed E-state index contributed by atoms with van der Waals surface area (Å²) in [5, 5.41) is 0. The standard InChI is InChI=1S/C12H20N2OS/c1-11(2)5-4-8-14(11)10(15)12(9(13)16)6-3-7-12/h3-8H2,1-2H3,(H2,13,16). The van der Waals surface area contributed by atoms with Crippen molar-refractivity contribution in [2.45, 2.75) is 51.5 Å². The van der Waals surface area contributed by atoms with E-state index >= 15 is 0 Å². The molecular formula is C12H20N2OS. The van der Waals surface area contributed by atoms with E-state index in [2.05, 4.69) is 13.8 Å². The van der Waals surface area contributed by atoms with Crippen LogP contribution in [0.25, 0.3) is 0 Å². The predicted octanol–water partition coefficient (Wildman–Crippen LogP) is 1.84. The molecule has 0 aromatic heterocycles. The molecule has 2 N–H and O–H groups in total. The molecule has 0 bridgehead atoms. The fourth-order valence-electron chi connectivity index (χ4n) is 2.84. The normalized spacial score (nSPS) is 26.2. The lowest BCUT2D eigenvalue weighted by atomic mass is 9.67. The van der Waals surface area contributed by atoms with Gasteiger partial charge in [0, 0.05) is 12.1 Å². The zero-order valence-corrected chi connectivity index (χ0v) is 10.9. The van der Waals surface area contributed by atoms with Crippen molar-refractivity contribution in [2.75, 3.05) is 6.54 Å². The van der Waals surface area contributed by atoms with E-state index in [1.165, 1.54) is 0 Å². The number of nitrogens with two attached hydrogens (primary N) is 1. The molecule has 0 unspecified atom stereocenters. The molecule has 90 valence electrons. The Morgan fingerprint density at radius 2 is 1.88 bits per heavy atom. The molecule has 1 saturated carbocycles. The summed E-state index contributed by atoms with van der Waals surface area (Å²) in [6.07, 6.45) is 4.91. The summed E-state index contributed by atoms with van der Waals surface area (Å²) in [7, 11) is 0. The summed E-state index contributed by atoms with van der Waals surface area (Å²) in [5.74, 6) is 0.175. The van der Waals surface area contributed by atoms with Crippen LogP contribution in [0.15, 0.2) is 0 Å². The maximum Gasteiger partial charge on any atom is 0.236 e. The highest BCUT2D eigenvalue weighted by molar-refractivity contribution is 7.80. The quantitative estimate of drug-likeness (QED) is 0.749. The van der Waals surface area contributed by atoms with Crippen molar-refractivity contribution in [1.82, 2.24) is 4.90 Å². The molecule has 0 aromatic rings. The fraction of sp³-hybridized carbons (Fsp3) is 0.833. The second-order valence-corrected chi connectivity index (χ2v) is 6.11. The maximum absolute atomic E-state index is 12.6. The molecule has 1 aliphatic carbocycles. The molecule has 2 fully saturated rings. The van der Waals surface area contributed by atoms with Crippen LogP contribution in [0.2, 0.25) is 0 Å². The van der Waals surface area contributed by atoms with Crippen molar-refractivity contribution in [1.29, 1.82) is 0 Å². The maximum atomic E-state index is 12.6. The molecule has 1 heterocycles. The largest absolute Gasteiger partial charge is 0.392 e. The number of rotatable bonds is 2. The number of carbonyl (C=O) groups excluding carboxylic acids is 1. The van der Waals surface area contributed by atoms with Gasteiger partial charge >= 0.3 is 0 Å². The van der Waals surface area contributed by atoms with Gasteiger partial charge in [-0.05, 0) is 39.5 Å². The van der Waals surface area contributed by atoms with E-state index in [9.17, 15) is 4.79 Å². The Balaban J connectivity index is 2.21. The van der Waals surface area contributed by atoms with E-state index in [4.69, 9.17) is 18.0 Å². The van der Waals surface area contributed by atoms with E-state index in [0.29, 0.717) is 4.99 Å². The number of thiocarbonyl (C=S) groups is 1. The monoisotopic (exact) mass is 240 g/mol. The van der Waals surface area contributed by atoms with Crippen LogP contribution in [-0.2, 0) is 4.79 Å². The van der Waals surface area contributed by atoms with Gasteiger partial charge in [0.15, 0.2) is 0 Å². The summed E-state index contributed by atoms with van der Waals surface area (Å²) in [6, 6.07) is 0. The minimum absolute atomic E-state index is 0.0234. The van der Waals surface area contributed by atoms with Crippen LogP contribution >= 0.6 is 12.2 Å². The molecule has 3 nitrogen and oxygen atoms in total. The second kappa shape index (κ2) is 3.69. The van der Waals surface area contributed by atoms with Gasteiger partial charge in [-0.3, -0.25) is 4.79 Å². The lowest BCUT2D eigenvalue weighted by Crippen LogP contribution is -2.57. The van der Waals surface area contributed by atoms with Crippen LogP contribution in [-0.4, -0.2) is 27.9 Å². The molecule has 0 aromatic carbocycles. The van der Waals surface area contributed by atoms with Crippen molar-refractivity contribution in [3.63, 3.8) is 0 Å². The van der Waals surface area contributed by atoms with Crippen LogP contribution in [0.3, 0.4) is 0 Å². The van der Waals surface area contributed by atoms with E-state index in [1.807, 2.05) is 4.90 Å². The predicted molar refractivity (Wildman–Crippen MR) is 68.1 cm³/mol. The van der Waals surface area contributed by atoms with Gasteiger partial charge in [0.2, 0.25) is 5.91 Å². The van der Waals surface area contributed by atoms with Gasteiger partial charge in [0.25, 0.3) is 0 Å². The first-order chi connectivity index (χ1) is 7.40. The smallest absolute Gasteiger partial charge is 0.236 e. The van der Waals surface area contributed by atoms with E-state index < -0.39 is 5.41 Å². The zero-order valence-electron chi connectivity index (χ0n) is 10.1. The molecule has 1 saturated heterocycles. The van der Waals surface area contributed by atoms with E-state index in [0.717, 1.165) is 38.6 Å². The Bertz CT molecular complexity index is 334. The minimum atomic E-state index is -0.503. The molecule has 4 heteroatoms. The van der Waals surface area contributed by atoms with Crippen molar-refractivity contribution in [3.8, 4) is 0 Å². The van der Waals surface area contributed by atoms with Crippen LogP contribution in [0.4, 0.5) is 0 Å². The number of hydrogen-bond acceptors (Lipinski definition) is 2. The zero-order chi connectivity index (χ0) is 12.0. The van der Waals surface area contributed by atoms with Gasteiger partial charge in [-0.15, -0.1) is 0 Å². The second-order valence-electron chi connectivity index (χ2n) is 5.67. The molecule has 1 aliphatic heterocycles. The molecule has 0 radical (unpaired) electrons. The first-order valence-electron chi connectivity index (χ1n) is 6.02. The first kappa shape index (κ1) is 11.8. The Kier molecular flexibility index (Phi) is 2.73. The number of likely N-dealkylation sites (tertiary alicyclic amines) is 1. The molecule has 1 amide bonds. The Labute approximate surface area is 102 Å². The Morgan fingerprint density at radius 3 is 2.19 bits per heavy atom. The third-order valence-electron chi connectivity index (χ3n) is 4.23. The fourth-order valence-corrected chi connectivity index (χ4v) is 3.13. The van der Waals surface area contributed by atoms with Crippen LogP contribution in [0.5, 0.6) is 0 Å². The minimum Gasteiger partial charge on any atom is -0.392 e. The lowest BCUT2D eigenvalue weighted by molar-refractivity contribution is -0.145. The van der Waals surface area contributed by atoms with E-state index in [1.54, 1.807) is 0 Å². The highest BCUT2D eigenvalue weighted by atomic mass is 32.1. The van der Waals surface area contributed by atoms with Gasteiger partial charge in [0.1, 0.15) is 0 Å². The summed E-state index contributed by atoms with van der Waals surface area (Å²) in [6.45, 7) is 5.11. The highest BCUT2D eigenvalue weighted by Crippen LogP contribution is 2.45. The molecule has 2 aliphatic rings. The van der Waals surface area contributed by atoms with Crippen molar-refractivity contribution in [2.24, 2.45) is 11.1 Å². The van der Waals surface area contributed by atoms with Crippen molar-refractivity contribution >= 4 is 23.1 Å². The number of carbonyl (C=O) groups is 1.